The molecule has 0 N–H and O–H groups in total. The van der Waals surface area contributed by atoms with E-state index in [0.717, 1.165) is 43.8 Å². The SMILES string of the molecule is [2H]c1c([2H])c([2H])c(-c2c3c([2H])c([2H])c([2H])c([2H])c3c(-c3cccc(-c4ccc(-c5ccc6ccccc6c5)c5ccccc45)c3)c3c([2H])c([2H])c([2H])c([2H])c23)c([2H])c1[2H]. The first-order valence-electron chi connectivity index (χ1n) is 21.4. The molecule has 0 bridgehead atoms. The molecule has 0 aliphatic rings. The van der Waals surface area contributed by atoms with E-state index in [0.29, 0.717) is 5.56 Å². The van der Waals surface area contributed by atoms with E-state index >= 15 is 0 Å². The standard InChI is InChI=1S/C46H30/c1-2-14-32(15-3-1)45-41-21-8-10-23-43(41)46(44-24-11-9-22-42(44)45)36-18-12-17-34(30-36)37-27-28-38(40-20-7-6-19-39(37)40)35-26-25-31-13-4-5-16-33(31)29-35/h1-30H/i1D,2D,3D,8D,9D,10D,11D,14D,15D,21D,22D,23D,24D. The van der Waals surface area contributed by atoms with Crippen molar-refractivity contribution in [2.45, 2.75) is 0 Å². The fraction of sp³-hybridized carbons (Fsp3) is 0. The Kier molecular flexibility index (Phi) is 3.87. The van der Waals surface area contributed by atoms with Crippen LogP contribution in [0.4, 0.5) is 0 Å². The van der Waals surface area contributed by atoms with Gasteiger partial charge in [-0.1, -0.05) is 170 Å². The van der Waals surface area contributed by atoms with Gasteiger partial charge < -0.3 is 0 Å². The molecule has 0 aromatic heterocycles. The van der Waals surface area contributed by atoms with E-state index in [4.69, 9.17) is 12.3 Å². The number of hydrogen-bond acceptors (Lipinski definition) is 0. The predicted octanol–water partition coefficient (Wildman–Crippen LogP) is 13.0. The van der Waals surface area contributed by atoms with Crippen LogP contribution in [0.2, 0.25) is 0 Å². The molecule has 0 spiro atoms. The van der Waals surface area contributed by atoms with Crippen LogP contribution >= 0.6 is 0 Å². The van der Waals surface area contributed by atoms with E-state index in [9.17, 15) is 5.48 Å². The Bertz CT molecular complexity index is 3210. The molecule has 0 amide bonds. The Morgan fingerprint density at radius 1 is 0.304 bits per heavy atom. The molecule has 0 radical (unpaired) electrons. The van der Waals surface area contributed by atoms with Crippen molar-refractivity contribution in [2.75, 3.05) is 0 Å². The minimum Gasteiger partial charge on any atom is -0.0622 e. The molecule has 46 heavy (non-hydrogen) atoms. The average Bonchev–Trinajstić information content (AvgIpc) is 3.26. The van der Waals surface area contributed by atoms with Crippen LogP contribution in [0.15, 0.2) is 182 Å². The summed E-state index contributed by atoms with van der Waals surface area (Å²) in [5.74, 6) is 0. The van der Waals surface area contributed by atoms with Crippen LogP contribution in [-0.2, 0) is 0 Å². The number of benzene rings is 9. The fourth-order valence-electron chi connectivity index (χ4n) is 6.54. The van der Waals surface area contributed by atoms with Crippen molar-refractivity contribution in [2.24, 2.45) is 0 Å². The number of hydrogen-bond donors (Lipinski definition) is 0. The summed E-state index contributed by atoms with van der Waals surface area (Å²) in [6, 6.07) is 25.5. The predicted molar refractivity (Wildman–Crippen MR) is 198 cm³/mol. The number of rotatable bonds is 4. The highest BCUT2D eigenvalue weighted by Gasteiger charge is 2.17. The maximum atomic E-state index is 9.30. The molecule has 0 nitrogen and oxygen atoms in total. The minimum atomic E-state index is -0.709. The molecule has 0 aliphatic heterocycles. The van der Waals surface area contributed by atoms with E-state index in [2.05, 4.69) is 42.5 Å². The van der Waals surface area contributed by atoms with Gasteiger partial charge in [-0.25, -0.2) is 0 Å². The van der Waals surface area contributed by atoms with Crippen LogP contribution in [0.25, 0.3) is 87.6 Å². The highest BCUT2D eigenvalue weighted by atomic mass is 14.2. The lowest BCUT2D eigenvalue weighted by Crippen LogP contribution is -1.91. The van der Waals surface area contributed by atoms with Gasteiger partial charge in [-0.3, -0.25) is 0 Å². The van der Waals surface area contributed by atoms with E-state index in [1.54, 1.807) is 12.1 Å². The van der Waals surface area contributed by atoms with E-state index < -0.39 is 84.1 Å². The summed E-state index contributed by atoms with van der Waals surface area (Å²) in [6.07, 6.45) is 0. The Hall–Kier alpha value is -5.98. The van der Waals surface area contributed by atoms with Gasteiger partial charge >= 0.3 is 0 Å². The average molecular weight is 596 g/mol. The van der Waals surface area contributed by atoms with Crippen molar-refractivity contribution in [1.29, 1.82) is 0 Å². The second-order valence-electron chi connectivity index (χ2n) is 11.1. The number of fused-ring (bicyclic) bond motifs is 4. The van der Waals surface area contributed by atoms with E-state index in [1.807, 2.05) is 48.5 Å². The Morgan fingerprint density at radius 2 is 0.804 bits per heavy atom. The highest BCUT2D eigenvalue weighted by molar-refractivity contribution is 6.21. The lowest BCUT2D eigenvalue weighted by Gasteiger charge is -2.18. The van der Waals surface area contributed by atoms with Gasteiger partial charge in [0.25, 0.3) is 0 Å². The van der Waals surface area contributed by atoms with Crippen molar-refractivity contribution >= 4 is 43.1 Å². The largest absolute Gasteiger partial charge is 0.0629 e. The van der Waals surface area contributed by atoms with Crippen molar-refractivity contribution in [3.8, 4) is 44.5 Å². The maximum Gasteiger partial charge on any atom is 0.0629 e. The molecular formula is C46H30. The molecule has 9 aromatic carbocycles. The molecule has 0 fully saturated rings. The molecule has 0 unspecified atom stereocenters. The lowest BCUT2D eigenvalue weighted by molar-refractivity contribution is 1.62. The quantitative estimate of drug-likeness (QED) is 0.178. The van der Waals surface area contributed by atoms with Gasteiger partial charge in [0.1, 0.15) is 0 Å². The summed E-state index contributed by atoms with van der Waals surface area (Å²) >= 11 is 0. The molecular weight excluding hydrogens is 553 g/mol. The Balaban J connectivity index is 1.40. The first kappa shape index (κ1) is 16.4. The topological polar surface area (TPSA) is 0 Å². The van der Waals surface area contributed by atoms with Gasteiger partial charge in [0.05, 0.1) is 17.8 Å². The third kappa shape index (κ3) is 4.30. The molecule has 0 heteroatoms. The molecule has 0 heterocycles. The summed E-state index contributed by atoms with van der Waals surface area (Å²) in [4.78, 5) is 0. The van der Waals surface area contributed by atoms with Gasteiger partial charge in [0.2, 0.25) is 0 Å². The monoisotopic (exact) mass is 595 g/mol. The normalized spacial score (nSPS) is 15.4. The molecule has 9 aromatic rings. The second kappa shape index (κ2) is 10.9. The van der Waals surface area contributed by atoms with Crippen LogP contribution in [0, 0.1) is 0 Å². The van der Waals surface area contributed by atoms with Crippen LogP contribution in [0.3, 0.4) is 0 Å². The molecule has 0 aliphatic carbocycles. The summed E-state index contributed by atoms with van der Waals surface area (Å²) in [6.45, 7) is 0. The van der Waals surface area contributed by atoms with Crippen LogP contribution in [0.5, 0.6) is 0 Å². The molecule has 0 atom stereocenters. The van der Waals surface area contributed by atoms with Gasteiger partial charge in [-0.05, 0) is 99.7 Å². The van der Waals surface area contributed by atoms with Crippen LogP contribution in [0.1, 0.15) is 17.8 Å². The van der Waals surface area contributed by atoms with Crippen molar-refractivity contribution in [1.82, 2.24) is 0 Å². The zero-order valence-electron chi connectivity index (χ0n) is 37.3. The summed E-state index contributed by atoms with van der Waals surface area (Å²) in [5.41, 5.74) is 3.35. The zero-order chi connectivity index (χ0) is 41.8. The zero-order valence-corrected chi connectivity index (χ0v) is 24.3. The highest BCUT2D eigenvalue weighted by Crippen LogP contribution is 2.45. The summed E-state index contributed by atoms with van der Waals surface area (Å²) in [7, 11) is 0. The molecule has 214 valence electrons. The smallest absolute Gasteiger partial charge is 0.0622 e. The molecule has 0 saturated heterocycles. The van der Waals surface area contributed by atoms with Crippen molar-refractivity contribution in [3.63, 3.8) is 0 Å². The fourth-order valence-corrected chi connectivity index (χ4v) is 6.54. The first-order valence-corrected chi connectivity index (χ1v) is 14.9. The lowest BCUT2D eigenvalue weighted by atomic mass is 9.85. The van der Waals surface area contributed by atoms with Gasteiger partial charge in [-0.15, -0.1) is 0 Å². The van der Waals surface area contributed by atoms with Crippen LogP contribution < -0.4 is 0 Å². The summed E-state index contributed by atoms with van der Waals surface area (Å²) < 4.78 is 115. The maximum absolute atomic E-state index is 9.30. The van der Waals surface area contributed by atoms with Gasteiger partial charge in [-0.2, -0.15) is 0 Å². The molecule has 0 saturated carbocycles. The molecule has 9 rings (SSSR count). The Morgan fingerprint density at radius 3 is 1.43 bits per heavy atom. The van der Waals surface area contributed by atoms with Gasteiger partial charge in [0, 0.05) is 0 Å². The third-order valence-electron chi connectivity index (χ3n) is 8.57. The summed E-state index contributed by atoms with van der Waals surface area (Å²) in [5, 5.41) is 3.45. The van der Waals surface area contributed by atoms with Crippen LogP contribution in [-0.4, -0.2) is 0 Å². The third-order valence-corrected chi connectivity index (χ3v) is 8.57. The van der Waals surface area contributed by atoms with E-state index in [1.165, 1.54) is 0 Å². The van der Waals surface area contributed by atoms with Crippen molar-refractivity contribution in [3.05, 3.63) is 182 Å². The van der Waals surface area contributed by atoms with E-state index in [-0.39, 0.29) is 32.7 Å². The Labute approximate surface area is 287 Å². The first-order chi connectivity index (χ1) is 28.2. The second-order valence-corrected chi connectivity index (χ2v) is 11.1. The van der Waals surface area contributed by atoms with Gasteiger partial charge in [0.15, 0.2) is 0 Å². The van der Waals surface area contributed by atoms with Crippen molar-refractivity contribution < 1.29 is 17.8 Å². The minimum absolute atomic E-state index is 0.0871.